The zero-order valence-corrected chi connectivity index (χ0v) is 11.1. The van der Waals surface area contributed by atoms with Crippen LogP contribution < -0.4 is 10.6 Å². The number of nitrogens with one attached hydrogen (secondary N) is 1. The average molecular weight is 255 g/mol. The molecule has 0 aliphatic heterocycles. The van der Waals surface area contributed by atoms with E-state index in [1.54, 1.807) is 12.3 Å². The summed E-state index contributed by atoms with van der Waals surface area (Å²) in [5, 5.41) is 7.45. The van der Waals surface area contributed by atoms with Gasteiger partial charge in [0.05, 0.1) is 0 Å². The average Bonchev–Trinajstić information content (AvgIpc) is 2.42. The highest BCUT2D eigenvalue weighted by molar-refractivity contribution is 5.93. The third-order valence-electron chi connectivity index (χ3n) is 2.88. The number of benzene rings is 1. The third-order valence-corrected chi connectivity index (χ3v) is 2.88. The van der Waals surface area contributed by atoms with Gasteiger partial charge >= 0.3 is 0 Å². The lowest BCUT2D eigenvalue weighted by atomic mass is 10.2. The molecule has 0 amide bonds. The van der Waals surface area contributed by atoms with Crippen molar-refractivity contribution in [3.63, 3.8) is 0 Å². The zero-order chi connectivity index (χ0) is 13.8. The maximum absolute atomic E-state index is 7.45. The lowest BCUT2D eigenvalue weighted by Crippen LogP contribution is -2.22. The van der Waals surface area contributed by atoms with Crippen LogP contribution in [0.15, 0.2) is 36.5 Å². The Morgan fingerprint density at radius 3 is 2.68 bits per heavy atom. The molecule has 1 aromatic heterocycles. The number of aryl methyl sites for hydroxylation is 1. The minimum Gasteiger partial charge on any atom is -0.382 e. The summed E-state index contributed by atoms with van der Waals surface area (Å²) in [5.41, 5.74) is 8.12. The third kappa shape index (κ3) is 2.70. The predicted molar refractivity (Wildman–Crippen MR) is 76.9 cm³/mol. The van der Waals surface area contributed by atoms with E-state index >= 15 is 0 Å². The van der Waals surface area contributed by atoms with Gasteiger partial charge in [0.15, 0.2) is 0 Å². The van der Waals surface area contributed by atoms with Gasteiger partial charge in [-0.05, 0) is 31.5 Å². The molecule has 19 heavy (non-hydrogen) atoms. The molecule has 0 spiro atoms. The number of nitrogens with zero attached hydrogens (tertiary/aromatic N) is 3. The predicted octanol–water partition coefficient (Wildman–Crippen LogP) is 2.23. The van der Waals surface area contributed by atoms with E-state index in [2.05, 4.69) is 9.97 Å². The minimum atomic E-state index is -0.0514. The van der Waals surface area contributed by atoms with Gasteiger partial charge in [-0.25, -0.2) is 9.97 Å². The molecule has 3 N–H and O–H groups in total. The molecule has 0 aliphatic rings. The first-order valence-electron chi connectivity index (χ1n) is 6.14. The van der Waals surface area contributed by atoms with E-state index in [0.29, 0.717) is 11.6 Å². The first-order chi connectivity index (χ1) is 9.13. The fraction of sp³-hybridized carbons (Fsp3) is 0.214. The Balaban J connectivity index is 2.45. The number of nitrogen functional groups attached to an aromatic ring is 1. The largest absolute Gasteiger partial charge is 0.382 e. The highest BCUT2D eigenvalue weighted by Crippen LogP contribution is 2.24. The van der Waals surface area contributed by atoms with Crippen molar-refractivity contribution < 1.29 is 0 Å². The first kappa shape index (κ1) is 13.0. The van der Waals surface area contributed by atoms with Crippen LogP contribution in [0.1, 0.15) is 18.2 Å². The summed E-state index contributed by atoms with van der Waals surface area (Å²) in [4.78, 5) is 10.6. The summed E-state index contributed by atoms with van der Waals surface area (Å²) in [6.45, 7) is 4.83. The molecule has 2 rings (SSSR count). The van der Waals surface area contributed by atoms with Gasteiger partial charge in [-0.3, -0.25) is 5.41 Å². The molecule has 0 radical (unpaired) electrons. The zero-order valence-electron chi connectivity index (χ0n) is 11.1. The van der Waals surface area contributed by atoms with Crippen molar-refractivity contribution in [1.29, 1.82) is 5.41 Å². The minimum absolute atomic E-state index is 0.0514. The van der Waals surface area contributed by atoms with Gasteiger partial charge in [-0.1, -0.05) is 18.2 Å². The van der Waals surface area contributed by atoms with E-state index in [-0.39, 0.29) is 5.84 Å². The summed E-state index contributed by atoms with van der Waals surface area (Å²) >= 11 is 0. The number of nitrogens with two attached hydrogens (primary N) is 1. The molecule has 98 valence electrons. The quantitative estimate of drug-likeness (QED) is 0.648. The van der Waals surface area contributed by atoms with Crippen LogP contribution in [0.25, 0.3) is 0 Å². The van der Waals surface area contributed by atoms with Crippen molar-refractivity contribution in [1.82, 2.24) is 9.97 Å². The van der Waals surface area contributed by atoms with Crippen LogP contribution in [-0.4, -0.2) is 22.3 Å². The van der Waals surface area contributed by atoms with Crippen molar-refractivity contribution in [2.75, 3.05) is 11.4 Å². The van der Waals surface area contributed by atoms with Crippen LogP contribution >= 0.6 is 0 Å². The summed E-state index contributed by atoms with van der Waals surface area (Å²) in [6, 6.07) is 9.70. The summed E-state index contributed by atoms with van der Waals surface area (Å²) in [7, 11) is 0. The molecule has 0 atom stereocenters. The smallest absolute Gasteiger partial charge is 0.230 e. The number of aromatic nitrogens is 2. The molecule has 0 unspecified atom stereocenters. The lowest BCUT2D eigenvalue weighted by molar-refractivity contribution is 0.937. The second-order valence-corrected chi connectivity index (χ2v) is 4.19. The Kier molecular flexibility index (Phi) is 3.75. The molecule has 0 aliphatic carbocycles. The second kappa shape index (κ2) is 5.48. The number of anilines is 2. The first-order valence-corrected chi connectivity index (χ1v) is 6.14. The van der Waals surface area contributed by atoms with E-state index < -0.39 is 0 Å². The Morgan fingerprint density at radius 1 is 1.32 bits per heavy atom. The van der Waals surface area contributed by atoms with Crippen molar-refractivity contribution in [3.8, 4) is 0 Å². The molecule has 1 heterocycles. The van der Waals surface area contributed by atoms with Gasteiger partial charge in [0.1, 0.15) is 11.5 Å². The number of amidine groups is 1. The molecule has 0 bridgehead atoms. The van der Waals surface area contributed by atoms with Crippen LogP contribution in [-0.2, 0) is 0 Å². The lowest BCUT2D eigenvalue weighted by Gasteiger charge is -2.22. The molecule has 0 saturated heterocycles. The number of rotatable bonds is 4. The maximum atomic E-state index is 7.45. The second-order valence-electron chi connectivity index (χ2n) is 4.19. The molecule has 5 heteroatoms. The van der Waals surface area contributed by atoms with Gasteiger partial charge < -0.3 is 10.6 Å². The van der Waals surface area contributed by atoms with Crippen molar-refractivity contribution >= 4 is 17.5 Å². The van der Waals surface area contributed by atoms with Gasteiger partial charge in [0.25, 0.3) is 0 Å². The van der Waals surface area contributed by atoms with Crippen molar-refractivity contribution in [2.24, 2.45) is 5.73 Å². The Hall–Kier alpha value is -2.43. The number of para-hydroxylation sites is 1. The Bertz CT molecular complexity index is 594. The van der Waals surface area contributed by atoms with Crippen LogP contribution in [0.4, 0.5) is 11.6 Å². The highest BCUT2D eigenvalue weighted by atomic mass is 15.3. The Morgan fingerprint density at radius 2 is 2.05 bits per heavy atom. The van der Waals surface area contributed by atoms with Crippen LogP contribution in [0, 0.1) is 12.3 Å². The topological polar surface area (TPSA) is 78.9 Å². The summed E-state index contributed by atoms with van der Waals surface area (Å²) in [6.07, 6.45) is 1.62. The fourth-order valence-electron chi connectivity index (χ4n) is 1.91. The van der Waals surface area contributed by atoms with E-state index in [4.69, 9.17) is 11.1 Å². The SMILES string of the molecule is CCN(c1nccc(C(=N)N)n1)c1ccccc1C. The standard InChI is InChI=1S/C14H17N5/c1-3-19(12-7-5-4-6-10(12)2)14-17-9-8-11(18-14)13(15)16/h4-9H,3H2,1-2H3,(H3,15,16). The normalized spacial score (nSPS) is 10.2. The van der Waals surface area contributed by atoms with Gasteiger partial charge in [-0.15, -0.1) is 0 Å². The van der Waals surface area contributed by atoms with Gasteiger partial charge in [0, 0.05) is 18.4 Å². The van der Waals surface area contributed by atoms with Crippen molar-refractivity contribution in [2.45, 2.75) is 13.8 Å². The van der Waals surface area contributed by atoms with Crippen LogP contribution in [0.3, 0.4) is 0 Å². The molecule has 0 saturated carbocycles. The summed E-state index contributed by atoms with van der Waals surface area (Å²) in [5.74, 6) is 0.508. The molecular formula is C14H17N5. The van der Waals surface area contributed by atoms with E-state index in [0.717, 1.165) is 17.8 Å². The fourth-order valence-corrected chi connectivity index (χ4v) is 1.91. The van der Waals surface area contributed by atoms with E-state index in [1.807, 2.05) is 43.0 Å². The van der Waals surface area contributed by atoms with Crippen LogP contribution in [0.5, 0.6) is 0 Å². The maximum Gasteiger partial charge on any atom is 0.230 e. The van der Waals surface area contributed by atoms with Crippen molar-refractivity contribution in [3.05, 3.63) is 47.8 Å². The Labute approximate surface area is 112 Å². The monoisotopic (exact) mass is 255 g/mol. The molecular weight excluding hydrogens is 238 g/mol. The number of hydrogen-bond acceptors (Lipinski definition) is 4. The molecule has 0 fully saturated rings. The highest BCUT2D eigenvalue weighted by Gasteiger charge is 2.13. The molecule has 1 aromatic carbocycles. The number of hydrogen-bond donors (Lipinski definition) is 2. The van der Waals surface area contributed by atoms with Crippen LogP contribution in [0.2, 0.25) is 0 Å². The van der Waals surface area contributed by atoms with Gasteiger partial charge in [-0.2, -0.15) is 0 Å². The van der Waals surface area contributed by atoms with Gasteiger partial charge in [0.2, 0.25) is 5.95 Å². The molecule has 5 nitrogen and oxygen atoms in total. The van der Waals surface area contributed by atoms with E-state index in [9.17, 15) is 0 Å². The summed E-state index contributed by atoms with van der Waals surface area (Å²) < 4.78 is 0. The van der Waals surface area contributed by atoms with E-state index in [1.165, 1.54) is 0 Å². The molecule has 2 aromatic rings.